The maximum Gasteiger partial charge on any atom is 0.416 e. The fourth-order valence-corrected chi connectivity index (χ4v) is 7.93. The Morgan fingerprint density at radius 1 is 0.432 bits per heavy atom. The molecular formula is C30H26F12Si2. The van der Waals surface area contributed by atoms with Crippen molar-refractivity contribution in [2.75, 3.05) is 0 Å². The van der Waals surface area contributed by atoms with E-state index in [9.17, 15) is 52.7 Å². The second kappa shape index (κ2) is 11.9. The molecule has 0 aliphatic carbocycles. The molecule has 3 aromatic carbocycles. The molecule has 0 heterocycles. The van der Waals surface area contributed by atoms with Crippen LogP contribution in [0.2, 0.25) is 26.2 Å². The van der Waals surface area contributed by atoms with Crippen LogP contribution in [0.3, 0.4) is 0 Å². The van der Waals surface area contributed by atoms with Crippen LogP contribution in [-0.4, -0.2) is 16.1 Å². The van der Waals surface area contributed by atoms with Gasteiger partial charge in [-0.05, 0) is 29.3 Å². The average Bonchev–Trinajstić information content (AvgIpc) is 2.88. The second-order valence-electron chi connectivity index (χ2n) is 11.4. The van der Waals surface area contributed by atoms with Crippen LogP contribution in [0.5, 0.6) is 0 Å². The zero-order chi connectivity index (χ0) is 33.5. The summed E-state index contributed by atoms with van der Waals surface area (Å²) < 4.78 is 160. The van der Waals surface area contributed by atoms with Crippen molar-refractivity contribution in [1.82, 2.24) is 0 Å². The maximum atomic E-state index is 13.4. The van der Waals surface area contributed by atoms with Gasteiger partial charge in [0.15, 0.2) is 0 Å². The van der Waals surface area contributed by atoms with Gasteiger partial charge in [0.1, 0.15) is 16.1 Å². The molecule has 0 bridgehead atoms. The highest BCUT2D eigenvalue weighted by atomic mass is 28.3. The lowest BCUT2D eigenvalue weighted by Gasteiger charge is -2.22. The van der Waals surface area contributed by atoms with Crippen LogP contribution in [0.4, 0.5) is 52.7 Å². The molecule has 238 valence electrons. The summed E-state index contributed by atoms with van der Waals surface area (Å²) in [4.78, 5) is 0. The van der Waals surface area contributed by atoms with Gasteiger partial charge in [0.25, 0.3) is 0 Å². The molecule has 0 spiro atoms. The van der Waals surface area contributed by atoms with E-state index in [4.69, 9.17) is 0 Å². The van der Waals surface area contributed by atoms with Crippen molar-refractivity contribution >= 4 is 38.7 Å². The zero-order valence-corrected chi connectivity index (χ0v) is 25.6. The lowest BCUT2D eigenvalue weighted by atomic mass is 10.1. The van der Waals surface area contributed by atoms with Crippen LogP contribution in [0.25, 0.3) is 12.2 Å². The third kappa shape index (κ3) is 8.90. The molecule has 0 saturated carbocycles. The maximum absolute atomic E-state index is 13.4. The van der Waals surface area contributed by atoms with E-state index in [1.54, 1.807) is 74.0 Å². The predicted molar refractivity (Wildman–Crippen MR) is 152 cm³/mol. The molecule has 0 fully saturated rings. The molecule has 44 heavy (non-hydrogen) atoms. The van der Waals surface area contributed by atoms with E-state index in [1.165, 1.54) is 0 Å². The molecule has 14 heteroatoms. The first-order chi connectivity index (χ1) is 19.8. The van der Waals surface area contributed by atoms with Crippen molar-refractivity contribution in [2.45, 2.75) is 50.9 Å². The van der Waals surface area contributed by atoms with E-state index < -0.39 is 63.1 Å². The highest BCUT2D eigenvalue weighted by Crippen LogP contribution is 2.37. The van der Waals surface area contributed by atoms with Crippen LogP contribution in [0, 0.1) is 0 Å². The van der Waals surface area contributed by atoms with Crippen LogP contribution < -0.4 is 10.4 Å². The number of rotatable bonds is 6. The minimum Gasteiger partial charge on any atom is -0.166 e. The van der Waals surface area contributed by atoms with E-state index >= 15 is 0 Å². The predicted octanol–water partition coefficient (Wildman–Crippen LogP) is 10.1. The monoisotopic (exact) mass is 670 g/mol. The molecule has 0 radical (unpaired) electrons. The van der Waals surface area contributed by atoms with Crippen molar-refractivity contribution in [3.63, 3.8) is 0 Å². The second-order valence-corrected chi connectivity index (χ2v) is 20.1. The Labute approximate surface area is 247 Å². The molecular weight excluding hydrogens is 644 g/mol. The smallest absolute Gasteiger partial charge is 0.166 e. The minimum atomic E-state index is -4.98. The first-order valence-corrected chi connectivity index (χ1v) is 19.0. The molecule has 0 nitrogen and oxygen atoms in total. The number of alkyl halides is 12. The van der Waals surface area contributed by atoms with Crippen LogP contribution in [-0.2, 0) is 24.7 Å². The summed E-state index contributed by atoms with van der Waals surface area (Å²) in [5, 5.41) is -0.168. The van der Waals surface area contributed by atoms with Crippen LogP contribution in [0.1, 0.15) is 33.4 Å². The Balaban J connectivity index is 1.94. The standard InChI is InChI=1S/C30H26F12Si2/c1-43(2,25-15-21(27(31,32)33)13-22(16-25)28(34,35)36)10-8-19-6-5-7-20(12-19)9-11-44(3,4)26-17-23(29(37,38)39)14-24(18-26)30(40,41)42/h5-18H,1-4H3/b10-8+,11-9+. The first-order valence-electron chi connectivity index (χ1n) is 12.9. The quantitative estimate of drug-likeness (QED) is 0.181. The van der Waals surface area contributed by atoms with E-state index in [-0.39, 0.29) is 22.5 Å². The van der Waals surface area contributed by atoms with Gasteiger partial charge in [-0.15, -0.1) is 0 Å². The summed E-state index contributed by atoms with van der Waals surface area (Å²) >= 11 is 0. The molecule has 3 rings (SSSR count). The van der Waals surface area contributed by atoms with Gasteiger partial charge >= 0.3 is 24.7 Å². The summed E-state index contributed by atoms with van der Waals surface area (Å²) in [6.07, 6.45) is -16.8. The number of hydrogen-bond donors (Lipinski definition) is 0. The summed E-state index contributed by atoms with van der Waals surface area (Å²) in [6, 6.07) is 9.52. The largest absolute Gasteiger partial charge is 0.416 e. The highest BCUT2D eigenvalue weighted by Gasteiger charge is 2.40. The van der Waals surface area contributed by atoms with Crippen molar-refractivity contribution in [1.29, 1.82) is 0 Å². The number of hydrogen-bond acceptors (Lipinski definition) is 0. The van der Waals surface area contributed by atoms with Crippen LogP contribution in [0.15, 0.2) is 72.1 Å². The molecule has 0 saturated heterocycles. The van der Waals surface area contributed by atoms with E-state index in [2.05, 4.69) is 0 Å². The lowest BCUT2D eigenvalue weighted by molar-refractivity contribution is -0.144. The summed E-state index contributed by atoms with van der Waals surface area (Å²) in [7, 11) is -6.02. The van der Waals surface area contributed by atoms with E-state index in [1.807, 2.05) is 0 Å². The Bertz CT molecular complexity index is 1380. The molecule has 0 aromatic heterocycles. The van der Waals surface area contributed by atoms with Gasteiger partial charge in [0.05, 0.1) is 22.3 Å². The fraction of sp³-hybridized carbons (Fsp3) is 0.267. The number of benzene rings is 3. The SMILES string of the molecule is C[Si](C)(/C=C/c1cccc(/C=C/[Si](C)(C)c2cc(C(F)(F)F)cc(C(F)(F)F)c2)c1)c1cc(C(F)(F)F)cc(C(F)(F)F)c1. The van der Waals surface area contributed by atoms with Gasteiger partial charge < -0.3 is 0 Å². The molecule has 0 aliphatic heterocycles. The Hall–Kier alpha value is -3.27. The van der Waals surface area contributed by atoms with E-state index in [0.717, 1.165) is 24.3 Å². The Kier molecular flexibility index (Phi) is 9.54. The third-order valence-corrected chi connectivity index (χ3v) is 12.5. The zero-order valence-electron chi connectivity index (χ0n) is 23.6. The van der Waals surface area contributed by atoms with Crippen molar-refractivity contribution < 1.29 is 52.7 Å². The van der Waals surface area contributed by atoms with Gasteiger partial charge in [-0.3, -0.25) is 0 Å². The van der Waals surface area contributed by atoms with Gasteiger partial charge in [-0.1, -0.05) is 103 Å². The molecule has 3 aromatic rings. The van der Waals surface area contributed by atoms with E-state index in [0.29, 0.717) is 11.1 Å². The lowest BCUT2D eigenvalue weighted by Crippen LogP contribution is -2.41. The first kappa shape index (κ1) is 35.2. The van der Waals surface area contributed by atoms with Gasteiger partial charge in [-0.25, -0.2) is 0 Å². The summed E-state index contributed by atoms with van der Waals surface area (Å²) in [6.45, 7) is 6.34. The third-order valence-electron chi connectivity index (χ3n) is 6.96. The van der Waals surface area contributed by atoms with Crippen molar-refractivity contribution in [3.05, 3.63) is 105 Å². The molecule has 0 unspecified atom stereocenters. The van der Waals surface area contributed by atoms with Crippen molar-refractivity contribution in [2.24, 2.45) is 0 Å². The normalized spacial score (nSPS) is 14.2. The average molecular weight is 671 g/mol. The summed E-state index contributed by atoms with van der Waals surface area (Å²) in [5.41, 5.74) is -1.40. The van der Waals surface area contributed by atoms with Gasteiger partial charge in [-0.2, -0.15) is 52.7 Å². The topological polar surface area (TPSA) is 0 Å². The summed E-state index contributed by atoms with van der Waals surface area (Å²) in [5.74, 6) is 0. The van der Waals surface area contributed by atoms with Crippen molar-refractivity contribution in [3.8, 4) is 0 Å². The molecule has 0 N–H and O–H groups in total. The molecule has 0 atom stereocenters. The Morgan fingerprint density at radius 3 is 0.955 bits per heavy atom. The van der Waals surface area contributed by atoms with Crippen LogP contribution >= 0.6 is 0 Å². The number of halogens is 12. The highest BCUT2D eigenvalue weighted by molar-refractivity contribution is 6.94. The molecule has 0 amide bonds. The minimum absolute atomic E-state index is 0.0710. The van der Waals surface area contributed by atoms with Gasteiger partial charge in [0, 0.05) is 0 Å². The van der Waals surface area contributed by atoms with Gasteiger partial charge in [0.2, 0.25) is 0 Å². The molecule has 0 aliphatic rings. The fourth-order valence-electron chi connectivity index (χ4n) is 4.22. The Morgan fingerprint density at radius 2 is 0.705 bits per heavy atom.